The Morgan fingerprint density at radius 3 is 2.35 bits per heavy atom. The summed E-state index contributed by atoms with van der Waals surface area (Å²) >= 11 is 6.11. The molecule has 1 aromatic rings. The molecule has 0 spiro atoms. The SMILES string of the molecule is C[C@H]([C@@H](N)C(=O)Nc1cc(CC2(C(C)(C)C)CC2)ccc1Cl)C(F)(F)F. The number of rotatable bonds is 5. The Morgan fingerprint density at radius 2 is 1.88 bits per heavy atom. The molecule has 1 fully saturated rings. The van der Waals surface area contributed by atoms with Crippen molar-refractivity contribution in [3.8, 4) is 0 Å². The molecule has 1 aromatic carbocycles. The monoisotopic (exact) mass is 390 g/mol. The largest absolute Gasteiger partial charge is 0.393 e. The molecule has 1 aliphatic rings. The summed E-state index contributed by atoms with van der Waals surface area (Å²) in [4.78, 5) is 12.1. The third-order valence-electron chi connectivity index (χ3n) is 5.63. The number of nitrogens with two attached hydrogens (primary N) is 1. The second-order valence-corrected chi connectivity index (χ2v) is 8.77. The molecule has 3 nitrogen and oxygen atoms in total. The fourth-order valence-corrected chi connectivity index (χ4v) is 3.32. The Labute approximate surface area is 157 Å². The lowest BCUT2D eigenvalue weighted by molar-refractivity contribution is -0.176. The van der Waals surface area contributed by atoms with Gasteiger partial charge in [-0.1, -0.05) is 45.4 Å². The van der Waals surface area contributed by atoms with Crippen LogP contribution in [0.5, 0.6) is 0 Å². The molecule has 7 heteroatoms. The van der Waals surface area contributed by atoms with Gasteiger partial charge in [-0.15, -0.1) is 0 Å². The number of carbonyl (C=O) groups is 1. The van der Waals surface area contributed by atoms with Crippen molar-refractivity contribution in [2.24, 2.45) is 22.5 Å². The molecule has 1 saturated carbocycles. The summed E-state index contributed by atoms with van der Waals surface area (Å²) in [6, 6.07) is 3.59. The van der Waals surface area contributed by atoms with Crippen LogP contribution in [0.4, 0.5) is 18.9 Å². The highest BCUT2D eigenvalue weighted by molar-refractivity contribution is 6.33. The van der Waals surface area contributed by atoms with E-state index in [9.17, 15) is 18.0 Å². The highest BCUT2D eigenvalue weighted by atomic mass is 35.5. The molecule has 1 amide bonds. The maximum atomic E-state index is 12.8. The Bertz CT molecular complexity index is 678. The van der Waals surface area contributed by atoms with Crippen LogP contribution in [-0.4, -0.2) is 18.1 Å². The van der Waals surface area contributed by atoms with E-state index < -0.39 is 24.0 Å². The van der Waals surface area contributed by atoms with Crippen molar-refractivity contribution in [1.82, 2.24) is 0 Å². The molecule has 0 saturated heterocycles. The van der Waals surface area contributed by atoms with Gasteiger partial charge in [-0.25, -0.2) is 0 Å². The second kappa shape index (κ2) is 7.04. The number of nitrogens with one attached hydrogen (secondary N) is 1. The summed E-state index contributed by atoms with van der Waals surface area (Å²) in [5, 5.41) is 2.73. The van der Waals surface area contributed by atoms with Gasteiger partial charge in [0.15, 0.2) is 0 Å². The second-order valence-electron chi connectivity index (χ2n) is 8.37. The first-order valence-electron chi connectivity index (χ1n) is 8.68. The summed E-state index contributed by atoms with van der Waals surface area (Å²) < 4.78 is 38.3. The average Bonchev–Trinajstić information content (AvgIpc) is 3.28. The van der Waals surface area contributed by atoms with Crippen LogP contribution in [0.15, 0.2) is 18.2 Å². The number of alkyl halides is 3. The molecule has 0 aromatic heterocycles. The van der Waals surface area contributed by atoms with Crippen molar-refractivity contribution in [3.05, 3.63) is 28.8 Å². The molecule has 146 valence electrons. The number of benzene rings is 1. The Hall–Kier alpha value is -1.27. The van der Waals surface area contributed by atoms with Crippen molar-refractivity contribution >= 4 is 23.2 Å². The number of carbonyl (C=O) groups excluding carboxylic acids is 1. The van der Waals surface area contributed by atoms with Gasteiger partial charge in [0.1, 0.15) is 0 Å². The van der Waals surface area contributed by atoms with Gasteiger partial charge in [0.2, 0.25) is 5.91 Å². The number of amides is 1. The maximum Gasteiger partial charge on any atom is 0.393 e. The van der Waals surface area contributed by atoms with Crippen LogP contribution in [0.1, 0.15) is 46.1 Å². The van der Waals surface area contributed by atoms with Crippen LogP contribution in [0.25, 0.3) is 0 Å². The minimum absolute atomic E-state index is 0.153. The number of halogens is 4. The van der Waals surface area contributed by atoms with E-state index in [-0.39, 0.29) is 15.9 Å². The fourth-order valence-electron chi connectivity index (χ4n) is 3.16. The average molecular weight is 391 g/mol. The molecule has 0 unspecified atom stereocenters. The van der Waals surface area contributed by atoms with Gasteiger partial charge >= 0.3 is 6.18 Å². The Kier molecular flexibility index (Phi) is 5.70. The number of hydrogen-bond acceptors (Lipinski definition) is 2. The maximum absolute atomic E-state index is 12.8. The van der Waals surface area contributed by atoms with E-state index in [1.165, 1.54) is 0 Å². The van der Waals surface area contributed by atoms with Crippen LogP contribution in [0, 0.1) is 16.7 Å². The minimum atomic E-state index is -4.53. The zero-order valence-electron chi connectivity index (χ0n) is 15.5. The quantitative estimate of drug-likeness (QED) is 0.728. The zero-order valence-corrected chi connectivity index (χ0v) is 16.3. The van der Waals surface area contributed by atoms with E-state index in [0.717, 1.165) is 31.7 Å². The van der Waals surface area contributed by atoms with Crippen LogP contribution in [-0.2, 0) is 11.2 Å². The van der Waals surface area contributed by atoms with E-state index in [1.54, 1.807) is 12.1 Å². The van der Waals surface area contributed by atoms with Gasteiger partial charge in [0.25, 0.3) is 0 Å². The highest BCUT2D eigenvalue weighted by Crippen LogP contribution is 2.60. The highest BCUT2D eigenvalue weighted by Gasteiger charge is 2.51. The van der Waals surface area contributed by atoms with E-state index in [2.05, 4.69) is 26.1 Å². The van der Waals surface area contributed by atoms with Crippen LogP contribution in [0.2, 0.25) is 5.02 Å². The first kappa shape index (κ1) is 21.0. The lowest BCUT2D eigenvalue weighted by Crippen LogP contribution is -2.46. The molecule has 2 rings (SSSR count). The Morgan fingerprint density at radius 1 is 1.31 bits per heavy atom. The zero-order chi connectivity index (χ0) is 19.9. The summed E-state index contributed by atoms with van der Waals surface area (Å²) in [7, 11) is 0. The Balaban J connectivity index is 2.14. The van der Waals surface area contributed by atoms with Crippen molar-refractivity contribution in [1.29, 1.82) is 0 Å². The molecule has 26 heavy (non-hydrogen) atoms. The summed E-state index contributed by atoms with van der Waals surface area (Å²) in [5.41, 5.74) is 7.13. The normalized spacial score (nSPS) is 19.0. The summed E-state index contributed by atoms with van der Waals surface area (Å²) in [6.07, 6.45) is -1.43. The predicted molar refractivity (Wildman–Crippen MR) is 98.1 cm³/mol. The van der Waals surface area contributed by atoms with Gasteiger partial charge in [0.05, 0.1) is 22.7 Å². The minimum Gasteiger partial charge on any atom is -0.323 e. The van der Waals surface area contributed by atoms with Crippen LogP contribution < -0.4 is 11.1 Å². The van der Waals surface area contributed by atoms with E-state index in [1.807, 2.05) is 6.07 Å². The lowest BCUT2D eigenvalue weighted by atomic mass is 9.74. The first-order valence-corrected chi connectivity index (χ1v) is 9.06. The van der Waals surface area contributed by atoms with Gasteiger partial charge < -0.3 is 11.1 Å². The van der Waals surface area contributed by atoms with Crippen LogP contribution >= 0.6 is 11.6 Å². The predicted octanol–water partition coefficient (Wildman–Crippen LogP) is 5.17. The lowest BCUT2D eigenvalue weighted by Gasteiger charge is -2.31. The van der Waals surface area contributed by atoms with Gasteiger partial charge in [-0.3, -0.25) is 4.79 Å². The number of anilines is 1. The molecule has 0 heterocycles. The summed E-state index contributed by atoms with van der Waals surface area (Å²) in [5.74, 6) is -2.84. The standard InChI is InChI=1S/C19H26ClF3N2O/c1-11(19(21,22)23)15(24)16(26)25-14-9-12(5-6-13(14)20)10-18(7-8-18)17(2,3)4/h5-6,9,11,15H,7-8,10,24H2,1-4H3,(H,25,26)/t11-,15-/m1/s1. The molecular weight excluding hydrogens is 365 g/mol. The number of hydrogen-bond donors (Lipinski definition) is 2. The summed E-state index contributed by atoms with van der Waals surface area (Å²) in [6.45, 7) is 7.50. The molecule has 0 bridgehead atoms. The third kappa shape index (κ3) is 4.52. The molecule has 0 aliphatic heterocycles. The molecule has 1 aliphatic carbocycles. The topological polar surface area (TPSA) is 55.1 Å². The third-order valence-corrected chi connectivity index (χ3v) is 5.96. The van der Waals surface area contributed by atoms with E-state index in [0.29, 0.717) is 5.69 Å². The molecule has 0 radical (unpaired) electrons. The van der Waals surface area contributed by atoms with Crippen molar-refractivity contribution in [2.75, 3.05) is 5.32 Å². The van der Waals surface area contributed by atoms with Gasteiger partial charge in [-0.2, -0.15) is 13.2 Å². The van der Waals surface area contributed by atoms with Crippen molar-refractivity contribution < 1.29 is 18.0 Å². The fraction of sp³-hybridized carbons (Fsp3) is 0.632. The molecule has 3 N–H and O–H groups in total. The van der Waals surface area contributed by atoms with Crippen molar-refractivity contribution in [3.63, 3.8) is 0 Å². The van der Waals surface area contributed by atoms with E-state index in [4.69, 9.17) is 17.3 Å². The molecular formula is C19H26ClF3N2O. The molecule has 2 atom stereocenters. The van der Waals surface area contributed by atoms with Gasteiger partial charge in [-0.05, 0) is 47.8 Å². The smallest absolute Gasteiger partial charge is 0.323 e. The van der Waals surface area contributed by atoms with Gasteiger partial charge in [0, 0.05) is 0 Å². The van der Waals surface area contributed by atoms with Crippen LogP contribution in [0.3, 0.4) is 0 Å². The first-order chi connectivity index (χ1) is 11.8. The van der Waals surface area contributed by atoms with E-state index >= 15 is 0 Å². The van der Waals surface area contributed by atoms with Crippen molar-refractivity contribution in [2.45, 2.75) is 59.2 Å².